The third-order valence-corrected chi connectivity index (χ3v) is 3.61. The SMILES string of the molecule is CCCc1cnc2c(O)c(-c3cc(F)cc(F)c3)ccn2c1=O. The zero-order chi connectivity index (χ0) is 16.6. The highest BCUT2D eigenvalue weighted by Crippen LogP contribution is 2.32. The molecule has 4 nitrogen and oxygen atoms in total. The highest BCUT2D eigenvalue weighted by molar-refractivity contribution is 5.77. The summed E-state index contributed by atoms with van der Waals surface area (Å²) in [4.78, 5) is 16.4. The van der Waals surface area contributed by atoms with Gasteiger partial charge in [-0.05, 0) is 30.2 Å². The second-order valence-corrected chi connectivity index (χ2v) is 5.27. The van der Waals surface area contributed by atoms with Gasteiger partial charge in [0, 0.05) is 29.6 Å². The number of halogens is 2. The first-order valence-corrected chi connectivity index (χ1v) is 7.20. The number of aryl methyl sites for hydroxylation is 1. The summed E-state index contributed by atoms with van der Waals surface area (Å²) < 4.78 is 28.0. The molecule has 3 aromatic rings. The van der Waals surface area contributed by atoms with Crippen molar-refractivity contribution in [2.75, 3.05) is 0 Å². The fourth-order valence-corrected chi connectivity index (χ4v) is 2.55. The van der Waals surface area contributed by atoms with Crippen LogP contribution in [-0.2, 0) is 6.42 Å². The standard InChI is InChI=1S/C17H14F2N2O2/c1-2-3-10-9-20-16-15(22)14(4-5-21(16)17(10)23)11-6-12(18)8-13(19)7-11/h4-9,22H,2-3H2,1H3. The number of rotatable bonds is 3. The second kappa shape index (κ2) is 5.79. The average molecular weight is 316 g/mol. The van der Waals surface area contributed by atoms with Crippen molar-refractivity contribution in [3.05, 3.63) is 64.2 Å². The van der Waals surface area contributed by atoms with Crippen molar-refractivity contribution in [2.24, 2.45) is 0 Å². The van der Waals surface area contributed by atoms with Crippen LogP contribution in [0.2, 0.25) is 0 Å². The molecule has 3 rings (SSSR count). The molecule has 6 heteroatoms. The summed E-state index contributed by atoms with van der Waals surface area (Å²) >= 11 is 0. The average Bonchev–Trinajstić information content (AvgIpc) is 2.50. The number of aromatic hydroxyl groups is 1. The fourth-order valence-electron chi connectivity index (χ4n) is 2.55. The van der Waals surface area contributed by atoms with Gasteiger partial charge in [-0.1, -0.05) is 13.3 Å². The van der Waals surface area contributed by atoms with Gasteiger partial charge in [-0.3, -0.25) is 9.20 Å². The van der Waals surface area contributed by atoms with Crippen LogP contribution < -0.4 is 5.56 Å². The van der Waals surface area contributed by atoms with Crippen LogP contribution in [0.3, 0.4) is 0 Å². The Balaban J connectivity index is 2.23. The first-order chi connectivity index (χ1) is 11.0. The van der Waals surface area contributed by atoms with Crippen LogP contribution >= 0.6 is 0 Å². The number of nitrogens with zero attached hydrogens (tertiary/aromatic N) is 2. The van der Waals surface area contributed by atoms with Gasteiger partial charge in [-0.2, -0.15) is 0 Å². The summed E-state index contributed by atoms with van der Waals surface area (Å²) in [5.74, 6) is -1.79. The van der Waals surface area contributed by atoms with Crippen LogP contribution in [0, 0.1) is 11.6 Å². The Labute approximate surface area is 130 Å². The number of benzene rings is 1. The summed E-state index contributed by atoms with van der Waals surface area (Å²) in [7, 11) is 0. The summed E-state index contributed by atoms with van der Waals surface area (Å²) in [6.45, 7) is 1.95. The third-order valence-electron chi connectivity index (χ3n) is 3.61. The summed E-state index contributed by atoms with van der Waals surface area (Å²) in [5, 5.41) is 10.4. The maximum atomic E-state index is 13.4. The molecule has 118 valence electrons. The lowest BCUT2D eigenvalue weighted by Crippen LogP contribution is -2.19. The number of aromatic nitrogens is 2. The zero-order valence-corrected chi connectivity index (χ0v) is 12.4. The van der Waals surface area contributed by atoms with Crippen molar-refractivity contribution >= 4 is 5.65 Å². The summed E-state index contributed by atoms with van der Waals surface area (Å²) in [5.41, 5.74) is 0.725. The number of hydrogen-bond acceptors (Lipinski definition) is 3. The summed E-state index contributed by atoms with van der Waals surface area (Å²) in [6.07, 6.45) is 4.26. The van der Waals surface area contributed by atoms with E-state index in [4.69, 9.17) is 0 Å². The van der Waals surface area contributed by atoms with E-state index in [9.17, 15) is 18.7 Å². The molecule has 2 aromatic heterocycles. The molecule has 0 aliphatic rings. The fraction of sp³-hybridized carbons (Fsp3) is 0.176. The van der Waals surface area contributed by atoms with Gasteiger partial charge in [-0.25, -0.2) is 13.8 Å². The van der Waals surface area contributed by atoms with Gasteiger partial charge in [-0.15, -0.1) is 0 Å². The van der Waals surface area contributed by atoms with E-state index in [0.717, 1.165) is 24.6 Å². The van der Waals surface area contributed by atoms with E-state index < -0.39 is 11.6 Å². The molecule has 23 heavy (non-hydrogen) atoms. The first-order valence-electron chi connectivity index (χ1n) is 7.20. The molecular weight excluding hydrogens is 302 g/mol. The Morgan fingerprint density at radius 3 is 2.57 bits per heavy atom. The smallest absolute Gasteiger partial charge is 0.261 e. The minimum atomic E-state index is -0.747. The lowest BCUT2D eigenvalue weighted by atomic mass is 10.1. The van der Waals surface area contributed by atoms with Gasteiger partial charge in [0.25, 0.3) is 5.56 Å². The topological polar surface area (TPSA) is 54.6 Å². The van der Waals surface area contributed by atoms with Crippen LogP contribution in [-0.4, -0.2) is 14.5 Å². The Morgan fingerprint density at radius 2 is 1.91 bits per heavy atom. The molecule has 0 radical (unpaired) electrons. The maximum Gasteiger partial charge on any atom is 0.261 e. The monoisotopic (exact) mass is 316 g/mol. The molecule has 0 atom stereocenters. The number of pyridine rings is 1. The number of fused-ring (bicyclic) bond motifs is 1. The van der Waals surface area contributed by atoms with Crippen molar-refractivity contribution in [1.29, 1.82) is 0 Å². The molecule has 0 fully saturated rings. The normalized spacial score (nSPS) is 11.1. The van der Waals surface area contributed by atoms with Crippen LogP contribution in [0.4, 0.5) is 8.78 Å². The van der Waals surface area contributed by atoms with Gasteiger partial charge >= 0.3 is 0 Å². The van der Waals surface area contributed by atoms with E-state index in [1.807, 2.05) is 6.92 Å². The quantitative estimate of drug-likeness (QED) is 0.806. The predicted molar refractivity (Wildman–Crippen MR) is 82.5 cm³/mol. The molecule has 1 N–H and O–H groups in total. The highest BCUT2D eigenvalue weighted by Gasteiger charge is 2.14. The Hall–Kier alpha value is -2.76. The minimum absolute atomic E-state index is 0.0528. The molecule has 0 saturated heterocycles. The first kappa shape index (κ1) is 15.1. The van der Waals surface area contributed by atoms with Gasteiger partial charge in [0.1, 0.15) is 11.6 Å². The van der Waals surface area contributed by atoms with Crippen molar-refractivity contribution in [2.45, 2.75) is 19.8 Å². The Kier molecular flexibility index (Phi) is 3.82. The highest BCUT2D eigenvalue weighted by atomic mass is 19.1. The van der Waals surface area contributed by atoms with E-state index in [-0.39, 0.29) is 28.1 Å². The predicted octanol–water partition coefficient (Wildman–Crippen LogP) is 3.30. The lowest BCUT2D eigenvalue weighted by molar-refractivity contribution is 0.478. The molecule has 1 aromatic carbocycles. The van der Waals surface area contributed by atoms with Crippen molar-refractivity contribution in [3.63, 3.8) is 0 Å². The van der Waals surface area contributed by atoms with E-state index >= 15 is 0 Å². The van der Waals surface area contributed by atoms with Crippen molar-refractivity contribution in [3.8, 4) is 16.9 Å². The molecule has 0 aliphatic carbocycles. The van der Waals surface area contributed by atoms with Gasteiger partial charge < -0.3 is 5.11 Å². The second-order valence-electron chi connectivity index (χ2n) is 5.27. The molecular formula is C17H14F2N2O2. The molecule has 0 aliphatic heterocycles. The minimum Gasteiger partial charge on any atom is -0.504 e. The maximum absolute atomic E-state index is 13.4. The lowest BCUT2D eigenvalue weighted by Gasteiger charge is -2.10. The third kappa shape index (κ3) is 2.67. The van der Waals surface area contributed by atoms with Crippen LogP contribution in [0.25, 0.3) is 16.8 Å². The molecule has 0 saturated carbocycles. The molecule has 0 amide bonds. The van der Waals surface area contributed by atoms with Gasteiger partial charge in [0.2, 0.25) is 0 Å². The largest absolute Gasteiger partial charge is 0.504 e. The molecule has 2 heterocycles. The Morgan fingerprint density at radius 1 is 1.22 bits per heavy atom. The zero-order valence-electron chi connectivity index (χ0n) is 12.4. The van der Waals surface area contributed by atoms with Gasteiger partial charge in [0.05, 0.1) is 0 Å². The molecule has 0 unspecified atom stereocenters. The van der Waals surface area contributed by atoms with Crippen molar-refractivity contribution in [1.82, 2.24) is 9.38 Å². The molecule has 0 bridgehead atoms. The van der Waals surface area contributed by atoms with Crippen molar-refractivity contribution < 1.29 is 13.9 Å². The van der Waals surface area contributed by atoms with Crippen LogP contribution in [0.1, 0.15) is 18.9 Å². The Bertz CT molecular complexity index is 931. The van der Waals surface area contributed by atoms with E-state index in [1.54, 1.807) is 0 Å². The molecule has 0 spiro atoms. The van der Waals surface area contributed by atoms with Crippen LogP contribution in [0.5, 0.6) is 5.75 Å². The van der Waals surface area contributed by atoms with Gasteiger partial charge in [0.15, 0.2) is 11.4 Å². The number of hydrogen-bond donors (Lipinski definition) is 1. The van der Waals surface area contributed by atoms with E-state index in [0.29, 0.717) is 12.0 Å². The van der Waals surface area contributed by atoms with E-state index in [1.165, 1.54) is 22.9 Å². The summed E-state index contributed by atoms with van der Waals surface area (Å²) in [6, 6.07) is 4.41. The van der Waals surface area contributed by atoms with E-state index in [2.05, 4.69) is 4.98 Å². The van der Waals surface area contributed by atoms with Crippen LogP contribution in [0.15, 0.2) is 41.5 Å².